The largest absolute Gasteiger partial charge is 0.382 e. The van der Waals surface area contributed by atoms with Gasteiger partial charge in [-0.2, -0.15) is 0 Å². The van der Waals surface area contributed by atoms with Crippen molar-refractivity contribution in [1.82, 2.24) is 15.5 Å². The smallest absolute Gasteiger partial charge is 0.220 e. The lowest BCUT2D eigenvalue weighted by molar-refractivity contribution is -0.123. The van der Waals surface area contributed by atoms with Crippen LogP contribution in [-0.2, 0) is 9.53 Å². The van der Waals surface area contributed by atoms with Gasteiger partial charge in [0.15, 0.2) is 0 Å². The molecule has 2 rings (SSSR count). The van der Waals surface area contributed by atoms with E-state index in [1.807, 2.05) is 6.92 Å². The highest BCUT2D eigenvalue weighted by molar-refractivity contribution is 5.76. The van der Waals surface area contributed by atoms with Crippen molar-refractivity contribution < 1.29 is 9.53 Å². The Hall–Kier alpha value is -0.650. The molecule has 0 saturated carbocycles. The van der Waals surface area contributed by atoms with Crippen molar-refractivity contribution in [2.75, 3.05) is 45.9 Å². The number of carbonyl (C=O) groups excluding carboxylic acids is 1. The van der Waals surface area contributed by atoms with Crippen LogP contribution in [-0.4, -0.2) is 62.8 Å². The zero-order chi connectivity index (χ0) is 18.1. The second-order valence-electron chi connectivity index (χ2n) is 8.06. The van der Waals surface area contributed by atoms with Gasteiger partial charge in [-0.05, 0) is 63.5 Å². The van der Waals surface area contributed by atoms with Crippen molar-refractivity contribution in [3.05, 3.63) is 0 Å². The predicted octanol–water partition coefficient (Wildman–Crippen LogP) is 2.27. The van der Waals surface area contributed by atoms with Crippen LogP contribution in [0, 0.1) is 17.8 Å². The van der Waals surface area contributed by atoms with Crippen LogP contribution in [0.2, 0.25) is 0 Å². The van der Waals surface area contributed by atoms with Crippen LogP contribution in [0.25, 0.3) is 0 Å². The van der Waals surface area contributed by atoms with Crippen LogP contribution < -0.4 is 10.6 Å². The van der Waals surface area contributed by atoms with Gasteiger partial charge in [0.2, 0.25) is 5.91 Å². The average molecular weight is 354 g/mol. The van der Waals surface area contributed by atoms with E-state index in [-0.39, 0.29) is 5.91 Å². The highest BCUT2D eigenvalue weighted by Gasteiger charge is 2.28. The maximum absolute atomic E-state index is 12.5. The number of nitrogens with zero attached hydrogens (tertiary/aromatic N) is 1. The minimum absolute atomic E-state index is 0.257. The molecule has 2 saturated heterocycles. The molecule has 2 fully saturated rings. The summed E-state index contributed by atoms with van der Waals surface area (Å²) in [5.74, 6) is 1.99. The highest BCUT2D eigenvalue weighted by atomic mass is 16.5. The minimum atomic E-state index is 0.257. The van der Waals surface area contributed by atoms with Crippen LogP contribution >= 0.6 is 0 Å². The Morgan fingerprint density at radius 1 is 1.32 bits per heavy atom. The number of carbonyl (C=O) groups is 1. The van der Waals surface area contributed by atoms with E-state index in [1.54, 1.807) is 0 Å². The van der Waals surface area contributed by atoms with E-state index < -0.39 is 0 Å². The van der Waals surface area contributed by atoms with E-state index in [0.717, 1.165) is 58.8 Å². The van der Waals surface area contributed by atoms with Crippen LogP contribution in [0.15, 0.2) is 0 Å². The van der Waals surface area contributed by atoms with Gasteiger partial charge in [-0.15, -0.1) is 0 Å². The van der Waals surface area contributed by atoms with Crippen molar-refractivity contribution in [2.45, 2.75) is 58.9 Å². The predicted molar refractivity (Wildman–Crippen MR) is 103 cm³/mol. The molecule has 25 heavy (non-hydrogen) atoms. The molecule has 5 nitrogen and oxygen atoms in total. The molecule has 0 aromatic rings. The average Bonchev–Trinajstić information content (AvgIpc) is 2.61. The molecule has 0 aliphatic carbocycles. The summed E-state index contributed by atoms with van der Waals surface area (Å²) in [7, 11) is 0. The first-order chi connectivity index (χ1) is 12.1. The summed E-state index contributed by atoms with van der Waals surface area (Å²) in [4.78, 5) is 15.0. The third-order valence-electron chi connectivity index (χ3n) is 6.00. The van der Waals surface area contributed by atoms with Crippen molar-refractivity contribution >= 4 is 5.91 Å². The maximum atomic E-state index is 12.5. The van der Waals surface area contributed by atoms with Crippen LogP contribution in [0.3, 0.4) is 0 Å². The van der Waals surface area contributed by atoms with Gasteiger partial charge in [0.05, 0.1) is 0 Å². The Morgan fingerprint density at radius 2 is 2.08 bits per heavy atom. The number of hydrogen-bond acceptors (Lipinski definition) is 4. The van der Waals surface area contributed by atoms with Gasteiger partial charge >= 0.3 is 0 Å². The molecule has 3 unspecified atom stereocenters. The number of amides is 1. The van der Waals surface area contributed by atoms with Crippen molar-refractivity contribution in [2.24, 2.45) is 17.8 Å². The molecule has 1 amide bonds. The fraction of sp³-hybridized carbons (Fsp3) is 0.950. The lowest BCUT2D eigenvalue weighted by atomic mass is 9.84. The van der Waals surface area contributed by atoms with Crippen molar-refractivity contribution in [3.8, 4) is 0 Å². The number of piperidine rings is 2. The standard InChI is InChI=1S/C20H39N3O2/c1-4-25-13-5-11-23-12-8-19(17(3)15-23)22-20(24)14-16(2)18-6-9-21-10-7-18/h16-19,21H,4-15H2,1-3H3,(H,22,24). The number of hydrogen-bond donors (Lipinski definition) is 2. The second-order valence-corrected chi connectivity index (χ2v) is 8.06. The summed E-state index contributed by atoms with van der Waals surface area (Å²) in [5, 5.41) is 6.74. The van der Waals surface area contributed by atoms with Gasteiger partial charge in [-0.1, -0.05) is 13.8 Å². The van der Waals surface area contributed by atoms with Gasteiger partial charge < -0.3 is 20.3 Å². The molecule has 2 aliphatic heterocycles. The van der Waals surface area contributed by atoms with Crippen LogP contribution in [0.5, 0.6) is 0 Å². The van der Waals surface area contributed by atoms with E-state index in [9.17, 15) is 4.79 Å². The third-order valence-corrected chi connectivity index (χ3v) is 6.00. The summed E-state index contributed by atoms with van der Waals surface area (Å²) in [5.41, 5.74) is 0. The van der Waals surface area contributed by atoms with E-state index in [4.69, 9.17) is 4.74 Å². The van der Waals surface area contributed by atoms with Crippen LogP contribution in [0.1, 0.15) is 52.9 Å². The molecular formula is C20H39N3O2. The molecular weight excluding hydrogens is 314 g/mol. The zero-order valence-corrected chi connectivity index (χ0v) is 16.6. The number of nitrogens with one attached hydrogen (secondary N) is 2. The van der Waals surface area contributed by atoms with Crippen molar-refractivity contribution in [3.63, 3.8) is 0 Å². The van der Waals surface area contributed by atoms with Gasteiger partial charge in [-0.3, -0.25) is 4.79 Å². The lowest BCUT2D eigenvalue weighted by Crippen LogP contribution is -2.50. The number of rotatable bonds is 9. The number of ether oxygens (including phenoxy) is 1. The van der Waals surface area contributed by atoms with E-state index >= 15 is 0 Å². The first-order valence-corrected chi connectivity index (χ1v) is 10.4. The molecule has 0 aromatic carbocycles. The number of likely N-dealkylation sites (tertiary alicyclic amines) is 1. The molecule has 146 valence electrons. The fourth-order valence-corrected chi connectivity index (χ4v) is 4.32. The molecule has 2 N–H and O–H groups in total. The van der Waals surface area contributed by atoms with E-state index in [0.29, 0.717) is 30.2 Å². The monoisotopic (exact) mass is 353 g/mol. The summed E-state index contributed by atoms with van der Waals surface area (Å²) >= 11 is 0. The van der Waals surface area contributed by atoms with E-state index in [1.165, 1.54) is 12.8 Å². The molecule has 0 radical (unpaired) electrons. The first-order valence-electron chi connectivity index (χ1n) is 10.4. The topological polar surface area (TPSA) is 53.6 Å². The molecule has 5 heteroatoms. The van der Waals surface area contributed by atoms with Crippen molar-refractivity contribution in [1.29, 1.82) is 0 Å². The Balaban J connectivity index is 1.65. The second kappa shape index (κ2) is 11.1. The van der Waals surface area contributed by atoms with Gasteiger partial charge in [0, 0.05) is 45.3 Å². The maximum Gasteiger partial charge on any atom is 0.220 e. The van der Waals surface area contributed by atoms with Gasteiger partial charge in [-0.25, -0.2) is 0 Å². The summed E-state index contributed by atoms with van der Waals surface area (Å²) in [6.45, 7) is 13.7. The molecule has 3 atom stereocenters. The zero-order valence-electron chi connectivity index (χ0n) is 16.6. The molecule has 2 aliphatic rings. The summed E-state index contributed by atoms with van der Waals surface area (Å²) < 4.78 is 5.42. The molecule has 2 heterocycles. The Labute approximate surface area is 154 Å². The molecule has 0 bridgehead atoms. The lowest BCUT2D eigenvalue weighted by Gasteiger charge is -2.37. The van der Waals surface area contributed by atoms with Gasteiger partial charge in [0.25, 0.3) is 0 Å². The normalized spacial score (nSPS) is 27.2. The minimum Gasteiger partial charge on any atom is -0.382 e. The Kier molecular flexibility index (Phi) is 9.21. The SMILES string of the molecule is CCOCCCN1CCC(NC(=O)CC(C)C2CCNCC2)C(C)C1. The first kappa shape index (κ1) is 20.7. The summed E-state index contributed by atoms with van der Waals surface area (Å²) in [6.07, 6.45) is 5.29. The Bertz CT molecular complexity index is 385. The third kappa shape index (κ3) is 7.24. The van der Waals surface area contributed by atoms with Crippen LogP contribution in [0.4, 0.5) is 0 Å². The quantitative estimate of drug-likeness (QED) is 0.625. The Morgan fingerprint density at radius 3 is 2.76 bits per heavy atom. The van der Waals surface area contributed by atoms with E-state index in [2.05, 4.69) is 29.4 Å². The highest BCUT2D eigenvalue weighted by Crippen LogP contribution is 2.24. The van der Waals surface area contributed by atoms with Gasteiger partial charge in [0.1, 0.15) is 0 Å². The molecule has 0 aromatic heterocycles. The summed E-state index contributed by atoms with van der Waals surface area (Å²) in [6, 6.07) is 0.343. The molecule has 0 spiro atoms. The fourth-order valence-electron chi connectivity index (χ4n) is 4.32.